The van der Waals surface area contributed by atoms with Gasteiger partial charge in [0.1, 0.15) is 5.75 Å². The van der Waals surface area contributed by atoms with E-state index in [1.54, 1.807) is 0 Å². The fraction of sp³-hybridized carbons (Fsp3) is 0.364. The smallest absolute Gasteiger partial charge is 0.176 e. The molecule has 1 heterocycles. The molecular formula is C22H27ClN4OS2. The van der Waals surface area contributed by atoms with Crippen LogP contribution in [0.25, 0.3) is 0 Å². The minimum Gasteiger partial charge on any atom is -0.494 e. The van der Waals surface area contributed by atoms with E-state index < -0.39 is 0 Å². The molecule has 160 valence electrons. The van der Waals surface area contributed by atoms with Crippen LogP contribution in [0.5, 0.6) is 5.75 Å². The predicted molar refractivity (Wildman–Crippen MR) is 134 cm³/mol. The summed E-state index contributed by atoms with van der Waals surface area (Å²) >= 11 is 16.6. The van der Waals surface area contributed by atoms with E-state index >= 15 is 0 Å². The summed E-state index contributed by atoms with van der Waals surface area (Å²) in [5, 5.41) is 4.81. The van der Waals surface area contributed by atoms with Crippen molar-refractivity contribution < 1.29 is 4.74 Å². The number of ether oxygens (including phenoxy) is 1. The van der Waals surface area contributed by atoms with Gasteiger partial charge in [0, 0.05) is 42.1 Å². The molecule has 2 aromatic carbocycles. The van der Waals surface area contributed by atoms with Gasteiger partial charge in [-0.05, 0) is 86.5 Å². The van der Waals surface area contributed by atoms with Gasteiger partial charge in [0.05, 0.1) is 6.61 Å². The number of halogens is 1. The van der Waals surface area contributed by atoms with Crippen molar-refractivity contribution in [3.8, 4) is 5.75 Å². The summed E-state index contributed by atoms with van der Waals surface area (Å²) in [6.45, 7) is 3.62. The number of hydrogen-bond donors (Lipinski definition) is 2. The van der Waals surface area contributed by atoms with Crippen LogP contribution in [0.2, 0.25) is 5.02 Å². The third-order valence-electron chi connectivity index (χ3n) is 4.89. The van der Waals surface area contributed by atoms with E-state index in [4.69, 9.17) is 46.5 Å². The van der Waals surface area contributed by atoms with Gasteiger partial charge >= 0.3 is 0 Å². The topological polar surface area (TPSA) is 53.8 Å². The zero-order chi connectivity index (χ0) is 21.3. The summed E-state index contributed by atoms with van der Waals surface area (Å²) in [7, 11) is 0. The van der Waals surface area contributed by atoms with E-state index in [1.807, 2.05) is 48.5 Å². The molecule has 0 unspecified atom stereocenters. The molecule has 0 bridgehead atoms. The van der Waals surface area contributed by atoms with Crippen molar-refractivity contribution in [2.24, 2.45) is 5.73 Å². The van der Waals surface area contributed by atoms with E-state index in [9.17, 15) is 0 Å². The molecule has 1 aliphatic rings. The molecule has 0 atom stereocenters. The molecular weight excluding hydrogens is 436 g/mol. The van der Waals surface area contributed by atoms with Crippen molar-refractivity contribution in [2.75, 3.05) is 36.5 Å². The Labute approximate surface area is 194 Å². The summed E-state index contributed by atoms with van der Waals surface area (Å²) in [6, 6.07) is 15.5. The summed E-state index contributed by atoms with van der Waals surface area (Å²) in [6.07, 6.45) is 4.27. The van der Waals surface area contributed by atoms with Crippen molar-refractivity contribution in [2.45, 2.75) is 25.7 Å². The van der Waals surface area contributed by atoms with Crippen LogP contribution in [-0.2, 0) is 0 Å². The Morgan fingerprint density at radius 1 is 1.10 bits per heavy atom. The van der Waals surface area contributed by atoms with Gasteiger partial charge in [-0.1, -0.05) is 17.7 Å². The number of nitrogens with one attached hydrogen (secondary N) is 1. The average Bonchev–Trinajstić information content (AvgIpc) is 2.72. The number of hydrogen-bond acceptors (Lipinski definition) is 3. The van der Waals surface area contributed by atoms with Crippen molar-refractivity contribution in [1.82, 2.24) is 4.90 Å². The Morgan fingerprint density at radius 2 is 1.90 bits per heavy atom. The van der Waals surface area contributed by atoms with Crippen LogP contribution in [0.3, 0.4) is 0 Å². The molecule has 1 fully saturated rings. The van der Waals surface area contributed by atoms with E-state index in [-0.39, 0.29) is 5.11 Å². The highest BCUT2D eigenvalue weighted by Gasteiger charge is 2.22. The molecule has 8 heteroatoms. The Kier molecular flexibility index (Phi) is 8.54. The Balaban J connectivity index is 1.37. The number of thiocarbonyl (C=S) groups is 2. The summed E-state index contributed by atoms with van der Waals surface area (Å²) in [4.78, 5) is 4.51. The largest absolute Gasteiger partial charge is 0.494 e. The van der Waals surface area contributed by atoms with Crippen molar-refractivity contribution in [3.05, 3.63) is 53.6 Å². The maximum absolute atomic E-state index is 6.01. The first-order valence-electron chi connectivity index (χ1n) is 10.1. The number of anilines is 2. The number of rotatable bonds is 9. The average molecular weight is 463 g/mol. The zero-order valence-electron chi connectivity index (χ0n) is 16.9. The lowest BCUT2D eigenvalue weighted by Crippen LogP contribution is -2.49. The number of nitrogens with zero attached hydrogens (tertiary/aromatic N) is 2. The van der Waals surface area contributed by atoms with Gasteiger partial charge < -0.3 is 25.6 Å². The van der Waals surface area contributed by atoms with Gasteiger partial charge in [0.15, 0.2) is 10.2 Å². The molecule has 0 spiro atoms. The maximum Gasteiger partial charge on any atom is 0.176 e. The quantitative estimate of drug-likeness (QED) is 0.399. The standard InChI is InChI=1S/C22H27ClN4OS2/c23-17-8-10-19(11-9-17)27-14-5-13-26(22(27)30)12-2-1-3-15-28-20-7-4-6-18(16-20)25-21(24)29/h4,6-11,16H,1-3,5,12-15H2,(H3,24,25,29). The Morgan fingerprint density at radius 3 is 2.67 bits per heavy atom. The maximum atomic E-state index is 6.01. The first kappa shape index (κ1) is 22.6. The second kappa shape index (κ2) is 11.3. The molecule has 1 aliphatic heterocycles. The first-order valence-corrected chi connectivity index (χ1v) is 11.3. The Hall–Kier alpha value is -2.09. The molecule has 1 saturated heterocycles. The van der Waals surface area contributed by atoms with Gasteiger partial charge in [-0.3, -0.25) is 0 Å². The normalized spacial score (nSPS) is 14.0. The summed E-state index contributed by atoms with van der Waals surface area (Å²) in [5.41, 5.74) is 7.45. The first-order chi connectivity index (χ1) is 14.5. The van der Waals surface area contributed by atoms with E-state index in [1.165, 1.54) is 0 Å². The number of unbranched alkanes of at least 4 members (excludes halogenated alkanes) is 2. The lowest BCUT2D eigenvalue weighted by atomic mass is 10.2. The van der Waals surface area contributed by atoms with Crippen molar-refractivity contribution in [1.29, 1.82) is 0 Å². The highest BCUT2D eigenvalue weighted by Crippen LogP contribution is 2.23. The van der Waals surface area contributed by atoms with Crippen LogP contribution in [0.4, 0.5) is 11.4 Å². The molecule has 0 aromatic heterocycles. The fourth-order valence-corrected chi connectivity index (χ4v) is 4.05. The minimum absolute atomic E-state index is 0.248. The van der Waals surface area contributed by atoms with Gasteiger partial charge in [-0.15, -0.1) is 0 Å². The number of benzene rings is 2. The van der Waals surface area contributed by atoms with Crippen LogP contribution in [0, 0.1) is 0 Å². The molecule has 0 aliphatic carbocycles. The highest BCUT2D eigenvalue weighted by molar-refractivity contribution is 7.80. The molecule has 0 radical (unpaired) electrons. The third kappa shape index (κ3) is 6.72. The third-order valence-corrected chi connectivity index (χ3v) is 5.72. The second-order valence-electron chi connectivity index (χ2n) is 7.18. The second-order valence-corrected chi connectivity index (χ2v) is 8.42. The SMILES string of the molecule is NC(=S)Nc1cccc(OCCCCCN2CCCN(c3ccc(Cl)cc3)C2=S)c1. The van der Waals surface area contributed by atoms with Crippen molar-refractivity contribution >= 4 is 57.6 Å². The Bertz CT molecular complexity index is 862. The van der Waals surface area contributed by atoms with Crippen molar-refractivity contribution in [3.63, 3.8) is 0 Å². The molecule has 2 aromatic rings. The monoisotopic (exact) mass is 462 g/mol. The van der Waals surface area contributed by atoms with Crippen LogP contribution in [0.1, 0.15) is 25.7 Å². The highest BCUT2D eigenvalue weighted by atomic mass is 35.5. The molecule has 3 rings (SSSR count). The fourth-order valence-electron chi connectivity index (χ4n) is 3.43. The van der Waals surface area contributed by atoms with Crippen LogP contribution >= 0.6 is 36.0 Å². The van der Waals surface area contributed by atoms with Crippen LogP contribution < -0.4 is 20.7 Å². The van der Waals surface area contributed by atoms with E-state index in [0.29, 0.717) is 6.61 Å². The van der Waals surface area contributed by atoms with Gasteiger partial charge in [0.25, 0.3) is 0 Å². The number of nitrogens with two attached hydrogens (primary N) is 1. The molecule has 0 amide bonds. The summed E-state index contributed by atoms with van der Waals surface area (Å²) < 4.78 is 5.84. The zero-order valence-corrected chi connectivity index (χ0v) is 19.2. The van der Waals surface area contributed by atoms with Gasteiger partial charge in [0.2, 0.25) is 0 Å². The lowest BCUT2D eigenvalue weighted by Gasteiger charge is -2.38. The molecule has 0 saturated carbocycles. The van der Waals surface area contributed by atoms with E-state index in [2.05, 4.69) is 15.1 Å². The summed E-state index contributed by atoms with van der Waals surface area (Å²) in [5.74, 6) is 0.812. The molecule has 30 heavy (non-hydrogen) atoms. The van der Waals surface area contributed by atoms with Gasteiger partial charge in [-0.25, -0.2) is 0 Å². The molecule has 3 N–H and O–H groups in total. The molecule has 5 nitrogen and oxygen atoms in total. The van der Waals surface area contributed by atoms with Crippen LogP contribution in [-0.4, -0.2) is 41.4 Å². The minimum atomic E-state index is 0.248. The predicted octanol–water partition coefficient (Wildman–Crippen LogP) is 5.04. The van der Waals surface area contributed by atoms with Crippen LogP contribution in [0.15, 0.2) is 48.5 Å². The van der Waals surface area contributed by atoms with Gasteiger partial charge in [-0.2, -0.15) is 0 Å². The lowest BCUT2D eigenvalue weighted by molar-refractivity contribution is 0.299. The van der Waals surface area contributed by atoms with E-state index in [0.717, 1.165) is 72.6 Å².